The van der Waals surface area contributed by atoms with E-state index >= 15 is 0 Å². The summed E-state index contributed by atoms with van der Waals surface area (Å²) in [5.41, 5.74) is 10.9. The van der Waals surface area contributed by atoms with Gasteiger partial charge in [0, 0.05) is 51.1 Å². The largest absolute Gasteiger partial charge is 0.494 e. The summed E-state index contributed by atoms with van der Waals surface area (Å²) in [4.78, 5) is 13.6. The molecule has 0 spiro atoms. The molecule has 1 fully saturated rings. The van der Waals surface area contributed by atoms with E-state index in [9.17, 15) is 0 Å². The van der Waals surface area contributed by atoms with Crippen LogP contribution in [0.2, 0.25) is 5.02 Å². The van der Waals surface area contributed by atoms with Gasteiger partial charge in [-0.15, -0.1) is 0 Å². The third kappa shape index (κ3) is 5.01. The van der Waals surface area contributed by atoms with Gasteiger partial charge < -0.3 is 25.4 Å². The van der Waals surface area contributed by atoms with Crippen molar-refractivity contribution in [2.75, 3.05) is 69.5 Å². The van der Waals surface area contributed by atoms with Crippen molar-refractivity contribution in [1.29, 1.82) is 0 Å². The SMILES string of the molecule is COc1cc(N(C)CCN2CCOCC2)c(N)cc1Nc1ncc(Cl)c(-c2cnn3ccccc23)n1. The lowest BCUT2D eigenvalue weighted by molar-refractivity contribution is 0.0393. The number of nitrogens with two attached hydrogens (primary N) is 1. The number of hydrogen-bond donors (Lipinski definition) is 2. The molecule has 10 nitrogen and oxygen atoms in total. The van der Waals surface area contributed by atoms with E-state index in [0.717, 1.165) is 56.2 Å². The Bertz CT molecular complexity index is 1360. The molecule has 3 aromatic heterocycles. The van der Waals surface area contributed by atoms with Crippen LogP contribution in [0.5, 0.6) is 5.75 Å². The predicted molar refractivity (Wildman–Crippen MR) is 142 cm³/mol. The lowest BCUT2D eigenvalue weighted by Gasteiger charge is -2.30. The average Bonchev–Trinajstić information content (AvgIpc) is 3.33. The molecule has 36 heavy (non-hydrogen) atoms. The maximum absolute atomic E-state index is 6.47. The molecule has 0 saturated carbocycles. The zero-order chi connectivity index (χ0) is 25.1. The molecule has 0 radical (unpaired) electrons. The highest BCUT2D eigenvalue weighted by Crippen LogP contribution is 2.37. The maximum Gasteiger partial charge on any atom is 0.227 e. The first kappa shape index (κ1) is 24.1. The number of fused-ring (bicyclic) bond motifs is 1. The normalized spacial score (nSPS) is 14.2. The van der Waals surface area contributed by atoms with E-state index in [-0.39, 0.29) is 0 Å². The van der Waals surface area contributed by atoms with E-state index in [1.54, 1.807) is 24.0 Å². The summed E-state index contributed by atoms with van der Waals surface area (Å²) >= 11 is 6.47. The summed E-state index contributed by atoms with van der Waals surface area (Å²) in [7, 11) is 3.66. The lowest BCUT2D eigenvalue weighted by Crippen LogP contribution is -2.40. The third-order valence-electron chi connectivity index (χ3n) is 6.29. The fourth-order valence-corrected chi connectivity index (χ4v) is 4.47. The molecule has 1 aliphatic rings. The van der Waals surface area contributed by atoms with Crippen LogP contribution in [0.4, 0.5) is 23.0 Å². The molecule has 11 heteroatoms. The van der Waals surface area contributed by atoms with E-state index in [2.05, 4.69) is 30.2 Å². The maximum atomic E-state index is 6.47. The van der Waals surface area contributed by atoms with Crippen molar-refractivity contribution >= 4 is 40.1 Å². The van der Waals surface area contributed by atoms with E-state index < -0.39 is 0 Å². The van der Waals surface area contributed by atoms with Crippen LogP contribution in [0.15, 0.2) is 48.9 Å². The molecular formula is C25H29ClN8O2. The van der Waals surface area contributed by atoms with Crippen LogP contribution < -0.4 is 20.7 Å². The molecule has 1 aliphatic heterocycles. The summed E-state index contributed by atoms with van der Waals surface area (Å²) in [6.07, 6.45) is 5.19. The first-order valence-electron chi connectivity index (χ1n) is 11.7. The number of benzene rings is 1. The number of anilines is 4. The Hall–Kier alpha value is -3.60. The van der Waals surface area contributed by atoms with Crippen LogP contribution in [0.1, 0.15) is 0 Å². The molecule has 3 N–H and O–H groups in total. The summed E-state index contributed by atoms with van der Waals surface area (Å²) in [5, 5.41) is 8.06. The van der Waals surface area contributed by atoms with Crippen molar-refractivity contribution in [2.24, 2.45) is 0 Å². The monoisotopic (exact) mass is 508 g/mol. The Morgan fingerprint density at radius 3 is 2.86 bits per heavy atom. The molecule has 188 valence electrons. The van der Waals surface area contributed by atoms with Gasteiger partial charge in [0.25, 0.3) is 0 Å². The smallest absolute Gasteiger partial charge is 0.227 e. The molecule has 1 saturated heterocycles. The van der Waals surface area contributed by atoms with Crippen molar-refractivity contribution in [3.05, 3.63) is 53.9 Å². The molecule has 4 heterocycles. The zero-order valence-electron chi connectivity index (χ0n) is 20.3. The number of nitrogens with one attached hydrogen (secondary N) is 1. The first-order chi connectivity index (χ1) is 17.5. The van der Waals surface area contributed by atoms with Gasteiger partial charge in [0.05, 0.1) is 66.0 Å². The second kappa shape index (κ2) is 10.6. The minimum Gasteiger partial charge on any atom is -0.494 e. The first-order valence-corrected chi connectivity index (χ1v) is 12.1. The Balaban J connectivity index is 1.37. The second-order valence-electron chi connectivity index (χ2n) is 8.59. The zero-order valence-corrected chi connectivity index (χ0v) is 21.1. The van der Waals surface area contributed by atoms with Crippen LogP contribution >= 0.6 is 11.6 Å². The Kier molecular flexibility index (Phi) is 7.08. The number of rotatable bonds is 8. The molecule has 0 atom stereocenters. The highest BCUT2D eigenvalue weighted by atomic mass is 35.5. The Morgan fingerprint density at radius 1 is 1.22 bits per heavy atom. The van der Waals surface area contributed by atoms with Gasteiger partial charge in [-0.25, -0.2) is 14.5 Å². The Labute approximate surface area is 214 Å². The number of likely N-dealkylation sites (N-methyl/N-ethyl adjacent to an activating group) is 1. The number of halogens is 1. The highest BCUT2D eigenvalue weighted by Gasteiger charge is 2.17. The second-order valence-corrected chi connectivity index (χ2v) is 9.00. The standard InChI is InChI=1S/C25H29ClN8O2/c1-32(7-8-33-9-11-36-12-10-33)22-14-23(35-2)20(13-19(22)27)30-25-28-16-18(26)24(31-25)17-15-29-34-6-4-3-5-21(17)34/h3-6,13-16H,7-12,27H2,1-2H3,(H,28,30,31). The van der Waals surface area contributed by atoms with Gasteiger partial charge in [0.1, 0.15) is 5.75 Å². The molecule has 0 amide bonds. The minimum atomic E-state index is 0.371. The van der Waals surface area contributed by atoms with Gasteiger partial charge in [-0.1, -0.05) is 17.7 Å². The topological polar surface area (TPSA) is 106 Å². The Morgan fingerprint density at radius 2 is 2.06 bits per heavy atom. The molecule has 1 aromatic carbocycles. The highest BCUT2D eigenvalue weighted by molar-refractivity contribution is 6.33. The number of pyridine rings is 1. The number of hydrogen-bond acceptors (Lipinski definition) is 9. The minimum absolute atomic E-state index is 0.371. The summed E-state index contributed by atoms with van der Waals surface area (Å²) in [6, 6.07) is 9.60. The van der Waals surface area contributed by atoms with Crippen LogP contribution in [-0.2, 0) is 4.74 Å². The van der Waals surface area contributed by atoms with E-state index in [1.165, 1.54) is 0 Å². The number of methoxy groups -OCH3 is 1. The van der Waals surface area contributed by atoms with Gasteiger partial charge in [-0.05, 0) is 18.2 Å². The van der Waals surface area contributed by atoms with Gasteiger partial charge in [0.15, 0.2) is 0 Å². The van der Waals surface area contributed by atoms with Crippen LogP contribution in [0, 0.1) is 0 Å². The summed E-state index contributed by atoms with van der Waals surface area (Å²) < 4.78 is 12.9. The van der Waals surface area contributed by atoms with Crippen molar-refractivity contribution in [3.63, 3.8) is 0 Å². The fraction of sp³-hybridized carbons (Fsp3) is 0.320. The van der Waals surface area contributed by atoms with E-state index in [0.29, 0.717) is 33.8 Å². The molecule has 4 aromatic rings. The fourth-order valence-electron chi connectivity index (χ4n) is 4.27. The van der Waals surface area contributed by atoms with Crippen molar-refractivity contribution < 1.29 is 9.47 Å². The van der Waals surface area contributed by atoms with Gasteiger partial charge >= 0.3 is 0 Å². The lowest BCUT2D eigenvalue weighted by atomic mass is 10.2. The van der Waals surface area contributed by atoms with Gasteiger partial charge in [-0.2, -0.15) is 5.10 Å². The molecule has 0 unspecified atom stereocenters. The van der Waals surface area contributed by atoms with Crippen molar-refractivity contribution in [1.82, 2.24) is 24.5 Å². The number of aromatic nitrogens is 4. The van der Waals surface area contributed by atoms with Gasteiger partial charge in [-0.3, -0.25) is 4.90 Å². The number of ether oxygens (including phenoxy) is 2. The van der Waals surface area contributed by atoms with Crippen LogP contribution in [0.3, 0.4) is 0 Å². The number of nitrogen functional groups attached to an aromatic ring is 1. The summed E-state index contributed by atoms with van der Waals surface area (Å²) in [6.45, 7) is 5.25. The molecule has 5 rings (SSSR count). The molecule has 0 bridgehead atoms. The predicted octanol–water partition coefficient (Wildman–Crippen LogP) is 3.55. The molecular weight excluding hydrogens is 480 g/mol. The van der Waals surface area contributed by atoms with E-state index in [4.69, 9.17) is 26.8 Å². The van der Waals surface area contributed by atoms with Crippen molar-refractivity contribution in [3.8, 4) is 17.0 Å². The average molecular weight is 509 g/mol. The third-order valence-corrected chi connectivity index (χ3v) is 6.56. The van der Waals surface area contributed by atoms with Crippen molar-refractivity contribution in [2.45, 2.75) is 0 Å². The quantitative estimate of drug-likeness (QED) is 0.345. The summed E-state index contributed by atoms with van der Waals surface area (Å²) in [5.74, 6) is 1.00. The number of nitrogens with zero attached hydrogens (tertiary/aromatic N) is 6. The molecule has 0 aliphatic carbocycles. The van der Waals surface area contributed by atoms with Crippen LogP contribution in [-0.4, -0.2) is 78.0 Å². The van der Waals surface area contributed by atoms with E-state index in [1.807, 2.05) is 43.6 Å². The number of morpholine rings is 1. The van der Waals surface area contributed by atoms with Gasteiger partial charge in [0.2, 0.25) is 5.95 Å². The van der Waals surface area contributed by atoms with Crippen LogP contribution in [0.25, 0.3) is 16.8 Å².